The summed E-state index contributed by atoms with van der Waals surface area (Å²) < 4.78 is 6.70. The minimum Gasteiger partial charge on any atom is -0.340 e. The maximum absolute atomic E-state index is 12.7. The summed E-state index contributed by atoms with van der Waals surface area (Å²) in [5, 5.41) is 16.3. The highest BCUT2D eigenvalue weighted by molar-refractivity contribution is 7.30. The maximum Gasteiger partial charge on any atom is 0.227 e. The molecule has 1 fully saturated rings. The molecular formula is C21H22N7O2P. The third-order valence-corrected chi connectivity index (χ3v) is 6.38. The molecule has 0 bridgehead atoms. The third kappa shape index (κ3) is 4.62. The molecule has 2 aromatic heterocycles. The molecule has 0 N–H and O–H groups in total. The molecule has 31 heavy (non-hydrogen) atoms. The van der Waals surface area contributed by atoms with Gasteiger partial charge >= 0.3 is 0 Å². The number of hydrogen-bond acceptors (Lipinski definition) is 7. The van der Waals surface area contributed by atoms with E-state index < -0.39 is 0 Å². The van der Waals surface area contributed by atoms with Crippen molar-refractivity contribution in [3.05, 3.63) is 59.9 Å². The molecule has 1 aliphatic rings. The van der Waals surface area contributed by atoms with Crippen LogP contribution in [0, 0.1) is 0 Å². The molecular weight excluding hydrogens is 413 g/mol. The molecule has 0 spiro atoms. The number of carbonyl (C=O) groups excluding carboxylic acids is 1. The summed E-state index contributed by atoms with van der Waals surface area (Å²) >= 11 is 0. The van der Waals surface area contributed by atoms with Gasteiger partial charge in [-0.2, -0.15) is 0 Å². The summed E-state index contributed by atoms with van der Waals surface area (Å²) in [6.45, 7) is 4.36. The summed E-state index contributed by atoms with van der Waals surface area (Å²) in [6.07, 6.45) is 2.95. The lowest BCUT2D eigenvalue weighted by molar-refractivity contribution is -0.132. The maximum atomic E-state index is 12.7. The number of piperazine rings is 1. The Morgan fingerprint density at radius 2 is 1.84 bits per heavy atom. The molecule has 3 heterocycles. The fraction of sp³-hybridized carbons (Fsp3) is 0.333. The van der Waals surface area contributed by atoms with E-state index in [1.165, 1.54) is 5.56 Å². The van der Waals surface area contributed by atoms with Gasteiger partial charge in [0.2, 0.25) is 5.91 Å². The third-order valence-electron chi connectivity index (χ3n) is 5.67. The van der Waals surface area contributed by atoms with E-state index in [1.807, 2.05) is 35.2 Å². The fourth-order valence-corrected chi connectivity index (χ4v) is 4.47. The second-order valence-corrected chi connectivity index (χ2v) is 8.49. The minimum atomic E-state index is 0.177. The molecule has 5 rings (SSSR count). The van der Waals surface area contributed by atoms with E-state index in [0.29, 0.717) is 6.42 Å². The van der Waals surface area contributed by atoms with Crippen LogP contribution < -0.4 is 0 Å². The van der Waals surface area contributed by atoms with Gasteiger partial charge in [-0.25, -0.2) is 4.68 Å². The van der Waals surface area contributed by atoms with Crippen LogP contribution in [-0.4, -0.2) is 73.8 Å². The Morgan fingerprint density at radius 3 is 2.61 bits per heavy atom. The molecule has 2 aromatic carbocycles. The highest BCUT2D eigenvalue weighted by atomic mass is 31.1. The zero-order chi connectivity index (χ0) is 21.0. The van der Waals surface area contributed by atoms with Crippen LogP contribution in [0.4, 0.5) is 0 Å². The van der Waals surface area contributed by atoms with Crippen molar-refractivity contribution in [3.8, 4) is 5.69 Å². The van der Waals surface area contributed by atoms with Crippen LogP contribution in [0.2, 0.25) is 0 Å². The van der Waals surface area contributed by atoms with E-state index in [9.17, 15) is 4.79 Å². The van der Waals surface area contributed by atoms with E-state index >= 15 is 0 Å². The lowest BCUT2D eigenvalue weighted by atomic mass is 10.1. The first-order valence-electron chi connectivity index (χ1n) is 10.3. The van der Waals surface area contributed by atoms with Crippen molar-refractivity contribution >= 4 is 25.0 Å². The molecule has 0 aliphatic carbocycles. The van der Waals surface area contributed by atoms with Crippen LogP contribution in [-0.2, 0) is 17.6 Å². The van der Waals surface area contributed by atoms with E-state index in [0.717, 1.165) is 69.5 Å². The topological polar surface area (TPSA) is 93.2 Å². The highest BCUT2D eigenvalue weighted by Gasteiger charge is 2.21. The number of nitrogens with zero attached hydrogens (tertiary/aromatic N) is 7. The first-order chi connectivity index (χ1) is 15.2. The predicted molar refractivity (Wildman–Crippen MR) is 116 cm³/mol. The van der Waals surface area contributed by atoms with Crippen molar-refractivity contribution in [2.24, 2.45) is 0 Å². The quantitative estimate of drug-likeness (QED) is 0.459. The Hall–Kier alpha value is -3.16. The van der Waals surface area contributed by atoms with Gasteiger partial charge < -0.3 is 9.20 Å². The summed E-state index contributed by atoms with van der Waals surface area (Å²) in [7, 11) is 0.820. The first-order valence-corrected chi connectivity index (χ1v) is 11.1. The van der Waals surface area contributed by atoms with Gasteiger partial charge in [0.05, 0.1) is 17.2 Å². The van der Waals surface area contributed by atoms with Gasteiger partial charge in [-0.15, -0.1) is 5.10 Å². The Labute approximate surface area is 180 Å². The molecule has 0 saturated carbocycles. The largest absolute Gasteiger partial charge is 0.340 e. The number of benzene rings is 2. The van der Waals surface area contributed by atoms with Crippen molar-refractivity contribution in [1.29, 1.82) is 0 Å². The summed E-state index contributed by atoms with van der Waals surface area (Å²) in [5.41, 5.74) is 4.11. The average Bonchev–Trinajstić information content (AvgIpc) is 3.50. The number of carbonyl (C=O) groups is 1. The second-order valence-electron chi connectivity index (χ2n) is 7.66. The number of tetrazole rings is 1. The monoisotopic (exact) mass is 435 g/mol. The highest BCUT2D eigenvalue weighted by Crippen LogP contribution is 2.23. The van der Waals surface area contributed by atoms with Crippen LogP contribution in [0.25, 0.3) is 16.3 Å². The lowest BCUT2D eigenvalue weighted by Gasteiger charge is -2.34. The van der Waals surface area contributed by atoms with Crippen molar-refractivity contribution in [2.45, 2.75) is 12.8 Å². The molecule has 0 unspecified atom stereocenters. The van der Waals surface area contributed by atoms with Gasteiger partial charge in [0.25, 0.3) is 0 Å². The average molecular weight is 435 g/mol. The smallest absolute Gasteiger partial charge is 0.227 e. The van der Waals surface area contributed by atoms with E-state index in [1.54, 1.807) is 11.0 Å². The van der Waals surface area contributed by atoms with Crippen molar-refractivity contribution in [2.75, 3.05) is 32.7 Å². The normalized spacial score (nSPS) is 15.2. The summed E-state index contributed by atoms with van der Waals surface area (Å²) in [5.74, 6) is 0.177. The SMILES string of the molecule is O=C(Cc1ccc(-n2cnnn2)cc1)N1CCN(CCc2ccc3nopc3c2)CC1. The first kappa shape index (κ1) is 19.8. The number of fused-ring (bicyclic) bond motifs is 1. The number of amides is 1. The predicted octanol–water partition coefficient (Wildman–Crippen LogP) is 2.31. The van der Waals surface area contributed by atoms with E-state index in [2.05, 4.69) is 37.7 Å². The van der Waals surface area contributed by atoms with Crippen LogP contribution >= 0.6 is 8.43 Å². The molecule has 10 heteroatoms. The van der Waals surface area contributed by atoms with Crippen molar-refractivity contribution in [3.63, 3.8) is 0 Å². The molecule has 1 saturated heterocycles. The standard InChI is InChI=1S/C21H22N7O2P/c29-21(14-16-1-4-18(5-2-16)28-15-22-24-25-28)27-11-9-26(10-12-27)8-7-17-3-6-19-20(13-17)31-30-23-19/h1-6,13,15H,7-12,14H2. The Balaban J connectivity index is 1.09. The van der Waals surface area contributed by atoms with Gasteiger partial charge in [0.15, 0.2) is 8.43 Å². The van der Waals surface area contributed by atoms with Gasteiger partial charge in [-0.1, -0.05) is 23.4 Å². The Morgan fingerprint density at radius 1 is 1.03 bits per heavy atom. The summed E-state index contributed by atoms with van der Waals surface area (Å²) in [4.78, 5) is 17.1. The zero-order valence-electron chi connectivity index (χ0n) is 17.0. The molecule has 1 amide bonds. The van der Waals surface area contributed by atoms with Crippen LogP contribution in [0.5, 0.6) is 0 Å². The minimum absolute atomic E-state index is 0.177. The molecule has 158 valence electrons. The van der Waals surface area contributed by atoms with Gasteiger partial charge in [0, 0.05) is 32.7 Å². The number of aromatic nitrogens is 5. The molecule has 0 atom stereocenters. The fourth-order valence-electron chi connectivity index (χ4n) is 3.82. The van der Waals surface area contributed by atoms with E-state index in [4.69, 9.17) is 4.30 Å². The summed E-state index contributed by atoms with van der Waals surface area (Å²) in [6, 6.07) is 14.1. The number of rotatable bonds is 6. The van der Waals surface area contributed by atoms with Crippen molar-refractivity contribution in [1.82, 2.24) is 35.2 Å². The van der Waals surface area contributed by atoms with E-state index in [-0.39, 0.29) is 5.91 Å². The van der Waals surface area contributed by atoms with Crippen LogP contribution in [0.1, 0.15) is 11.1 Å². The zero-order valence-corrected chi connectivity index (χ0v) is 17.9. The van der Waals surface area contributed by atoms with Crippen LogP contribution in [0.3, 0.4) is 0 Å². The van der Waals surface area contributed by atoms with Gasteiger partial charge in [0.1, 0.15) is 11.8 Å². The van der Waals surface area contributed by atoms with Gasteiger partial charge in [-0.3, -0.25) is 9.69 Å². The molecule has 9 nitrogen and oxygen atoms in total. The Kier molecular flexibility index (Phi) is 5.69. The second kappa shape index (κ2) is 8.91. The molecule has 0 radical (unpaired) electrons. The lowest BCUT2D eigenvalue weighted by Crippen LogP contribution is -2.49. The Bertz CT molecular complexity index is 1150. The van der Waals surface area contributed by atoms with Crippen molar-refractivity contribution < 1.29 is 9.10 Å². The molecule has 4 aromatic rings. The number of hydrogen-bond donors (Lipinski definition) is 0. The van der Waals surface area contributed by atoms with Gasteiger partial charge in [-0.05, 0) is 52.2 Å². The van der Waals surface area contributed by atoms with Crippen LogP contribution in [0.15, 0.2) is 53.1 Å². The molecule has 1 aliphatic heterocycles.